The van der Waals surface area contributed by atoms with Crippen molar-refractivity contribution < 1.29 is 4.79 Å². The van der Waals surface area contributed by atoms with E-state index in [1.807, 2.05) is 17.1 Å². The highest BCUT2D eigenvalue weighted by Gasteiger charge is 2.18. The van der Waals surface area contributed by atoms with Gasteiger partial charge in [0, 0.05) is 18.7 Å². The van der Waals surface area contributed by atoms with Gasteiger partial charge in [-0.05, 0) is 36.5 Å². The molecule has 1 aromatic rings. The van der Waals surface area contributed by atoms with Gasteiger partial charge in [0.2, 0.25) is 5.91 Å². The zero-order chi connectivity index (χ0) is 11.5. The Balaban J connectivity index is 2.07. The van der Waals surface area contributed by atoms with E-state index in [-0.39, 0.29) is 5.91 Å². The highest BCUT2D eigenvalue weighted by atomic mass is 16.1. The Kier molecular flexibility index (Phi) is 3.22. The van der Waals surface area contributed by atoms with Gasteiger partial charge in [-0.25, -0.2) is 5.01 Å². The third-order valence-electron chi connectivity index (χ3n) is 3.20. The fourth-order valence-corrected chi connectivity index (χ4v) is 2.15. The summed E-state index contributed by atoms with van der Waals surface area (Å²) < 4.78 is 0. The minimum Gasteiger partial charge on any atom is -0.366 e. The van der Waals surface area contributed by atoms with Crippen molar-refractivity contribution in [2.24, 2.45) is 11.6 Å². The molecule has 0 saturated carbocycles. The van der Waals surface area contributed by atoms with E-state index in [4.69, 9.17) is 11.6 Å². The quantitative estimate of drug-likeness (QED) is 0.724. The van der Waals surface area contributed by atoms with Gasteiger partial charge in [0.15, 0.2) is 0 Å². The first-order valence-electron chi connectivity index (χ1n) is 5.56. The molecule has 4 nitrogen and oxygen atoms in total. The number of hydrazine groups is 1. The summed E-state index contributed by atoms with van der Waals surface area (Å²) in [5.74, 6) is 5.90. The van der Waals surface area contributed by atoms with E-state index in [2.05, 4.69) is 0 Å². The second kappa shape index (κ2) is 4.63. The van der Waals surface area contributed by atoms with Crippen LogP contribution in [0.2, 0.25) is 0 Å². The zero-order valence-corrected chi connectivity index (χ0v) is 9.23. The summed E-state index contributed by atoms with van der Waals surface area (Å²) in [6, 6.07) is 7.59. The molecule has 0 radical (unpaired) electrons. The van der Waals surface area contributed by atoms with E-state index < -0.39 is 0 Å². The van der Waals surface area contributed by atoms with Crippen LogP contribution < -0.4 is 11.6 Å². The topological polar surface area (TPSA) is 72.4 Å². The fraction of sp³-hybridized carbons (Fsp3) is 0.417. The predicted molar refractivity (Wildman–Crippen MR) is 62.7 cm³/mol. The van der Waals surface area contributed by atoms with E-state index >= 15 is 0 Å². The first-order chi connectivity index (χ1) is 7.66. The number of carbonyl (C=O) groups excluding carboxylic acids is 1. The van der Waals surface area contributed by atoms with Crippen molar-refractivity contribution in [1.29, 1.82) is 0 Å². The highest BCUT2D eigenvalue weighted by Crippen LogP contribution is 2.26. The van der Waals surface area contributed by atoms with E-state index in [1.54, 1.807) is 12.1 Å². The number of amides is 1. The van der Waals surface area contributed by atoms with Gasteiger partial charge in [0.05, 0.1) is 0 Å². The van der Waals surface area contributed by atoms with Crippen LogP contribution in [0.3, 0.4) is 0 Å². The minimum atomic E-state index is -0.372. The summed E-state index contributed by atoms with van der Waals surface area (Å²) in [4.78, 5) is 10.9. The molecule has 1 aliphatic rings. The summed E-state index contributed by atoms with van der Waals surface area (Å²) in [6.45, 7) is 1.87. The Morgan fingerprint density at radius 2 is 1.75 bits per heavy atom. The van der Waals surface area contributed by atoms with Gasteiger partial charge in [0.1, 0.15) is 0 Å². The summed E-state index contributed by atoms with van der Waals surface area (Å²) in [7, 11) is 0. The molecule has 2 rings (SSSR count). The lowest BCUT2D eigenvalue weighted by atomic mass is 9.89. The summed E-state index contributed by atoms with van der Waals surface area (Å²) in [5, 5.41) is 1.86. The molecule has 1 amide bonds. The first-order valence-corrected chi connectivity index (χ1v) is 5.56. The van der Waals surface area contributed by atoms with E-state index in [1.165, 1.54) is 5.56 Å². The maximum Gasteiger partial charge on any atom is 0.248 e. The number of primary amides is 1. The third-order valence-corrected chi connectivity index (χ3v) is 3.20. The maximum atomic E-state index is 10.9. The molecule has 0 aromatic heterocycles. The van der Waals surface area contributed by atoms with Crippen LogP contribution in [0.4, 0.5) is 0 Å². The summed E-state index contributed by atoms with van der Waals surface area (Å²) in [6.07, 6.45) is 2.15. The largest absolute Gasteiger partial charge is 0.366 e. The molecule has 4 heteroatoms. The maximum absolute atomic E-state index is 10.9. The van der Waals surface area contributed by atoms with Crippen molar-refractivity contribution in [2.75, 3.05) is 13.1 Å². The number of hydrogen-bond acceptors (Lipinski definition) is 3. The molecule has 4 N–H and O–H groups in total. The molecule has 1 aromatic carbocycles. The van der Waals surface area contributed by atoms with Crippen LogP contribution in [0.1, 0.15) is 34.7 Å². The van der Waals surface area contributed by atoms with Crippen LogP contribution in [0.5, 0.6) is 0 Å². The van der Waals surface area contributed by atoms with Crippen molar-refractivity contribution in [1.82, 2.24) is 5.01 Å². The summed E-state index contributed by atoms with van der Waals surface area (Å²) in [5.41, 5.74) is 7.04. The number of hydrogen-bond donors (Lipinski definition) is 2. The van der Waals surface area contributed by atoms with E-state index in [9.17, 15) is 4.79 Å². The van der Waals surface area contributed by atoms with Gasteiger partial charge < -0.3 is 5.73 Å². The predicted octanol–water partition coefficient (Wildman–Crippen LogP) is 0.839. The lowest BCUT2D eigenvalue weighted by Crippen LogP contribution is -2.38. The van der Waals surface area contributed by atoms with Gasteiger partial charge in [-0.15, -0.1) is 0 Å². The smallest absolute Gasteiger partial charge is 0.248 e. The van der Waals surface area contributed by atoms with Gasteiger partial charge in [0.25, 0.3) is 0 Å². The molecule has 0 bridgehead atoms. The van der Waals surface area contributed by atoms with E-state index in [0.29, 0.717) is 11.5 Å². The Labute approximate surface area is 95.2 Å². The van der Waals surface area contributed by atoms with E-state index in [0.717, 1.165) is 25.9 Å². The second-order valence-electron chi connectivity index (χ2n) is 4.30. The SMILES string of the molecule is NC(=O)c1ccc(C2CCN(N)CC2)cc1. The van der Waals surface area contributed by atoms with Gasteiger partial charge in [-0.2, -0.15) is 0 Å². The minimum absolute atomic E-state index is 0.372. The molecule has 0 atom stereocenters. The fourth-order valence-electron chi connectivity index (χ4n) is 2.15. The van der Waals surface area contributed by atoms with Crippen LogP contribution in [0, 0.1) is 0 Å². The standard InChI is InChI=1S/C12H17N3O/c13-12(16)11-3-1-9(2-4-11)10-5-7-15(14)8-6-10/h1-4,10H,5-8,14H2,(H2,13,16). The lowest BCUT2D eigenvalue weighted by molar-refractivity contribution is 0.100. The Bertz CT molecular complexity index is 366. The molecule has 1 heterocycles. The molecule has 0 spiro atoms. The summed E-state index contributed by atoms with van der Waals surface area (Å²) >= 11 is 0. The highest BCUT2D eigenvalue weighted by molar-refractivity contribution is 5.92. The third kappa shape index (κ3) is 2.40. The number of piperidine rings is 1. The molecule has 1 fully saturated rings. The molecule has 1 saturated heterocycles. The number of benzene rings is 1. The van der Waals surface area contributed by atoms with Gasteiger partial charge >= 0.3 is 0 Å². The normalized spacial score (nSPS) is 18.6. The van der Waals surface area contributed by atoms with Crippen molar-refractivity contribution in [3.8, 4) is 0 Å². The van der Waals surface area contributed by atoms with Crippen LogP contribution in [0.25, 0.3) is 0 Å². The Hall–Kier alpha value is -1.39. The zero-order valence-electron chi connectivity index (χ0n) is 9.23. The number of rotatable bonds is 2. The van der Waals surface area contributed by atoms with Crippen LogP contribution in [-0.2, 0) is 0 Å². The Morgan fingerprint density at radius 3 is 2.25 bits per heavy atom. The first kappa shape index (κ1) is 11.1. The number of nitrogens with zero attached hydrogens (tertiary/aromatic N) is 1. The van der Waals surface area contributed by atoms with Crippen LogP contribution in [0.15, 0.2) is 24.3 Å². The van der Waals surface area contributed by atoms with Crippen molar-refractivity contribution in [2.45, 2.75) is 18.8 Å². The average Bonchev–Trinajstić information content (AvgIpc) is 2.30. The lowest BCUT2D eigenvalue weighted by Gasteiger charge is -2.28. The number of nitrogens with two attached hydrogens (primary N) is 2. The number of carbonyl (C=O) groups is 1. The van der Waals surface area contributed by atoms with Gasteiger partial charge in [-0.1, -0.05) is 12.1 Å². The second-order valence-corrected chi connectivity index (χ2v) is 4.30. The van der Waals surface area contributed by atoms with Crippen molar-refractivity contribution in [3.63, 3.8) is 0 Å². The van der Waals surface area contributed by atoms with Crippen LogP contribution in [-0.4, -0.2) is 24.0 Å². The molecule has 16 heavy (non-hydrogen) atoms. The molecular weight excluding hydrogens is 202 g/mol. The van der Waals surface area contributed by atoms with Crippen molar-refractivity contribution >= 4 is 5.91 Å². The van der Waals surface area contributed by atoms with Crippen LogP contribution >= 0.6 is 0 Å². The molecular formula is C12H17N3O. The molecule has 1 aliphatic heterocycles. The average molecular weight is 219 g/mol. The molecule has 0 unspecified atom stereocenters. The molecule has 0 aliphatic carbocycles. The van der Waals surface area contributed by atoms with Gasteiger partial charge in [-0.3, -0.25) is 10.6 Å². The monoisotopic (exact) mass is 219 g/mol. The Morgan fingerprint density at radius 1 is 1.19 bits per heavy atom. The molecule has 86 valence electrons. The van der Waals surface area contributed by atoms with Crippen molar-refractivity contribution in [3.05, 3.63) is 35.4 Å².